The van der Waals surface area contributed by atoms with Gasteiger partial charge in [0.1, 0.15) is 11.5 Å². The van der Waals surface area contributed by atoms with Crippen LogP contribution in [0.25, 0.3) is 0 Å². The average Bonchev–Trinajstić information content (AvgIpc) is 3.13. The molecule has 31 heavy (non-hydrogen) atoms. The van der Waals surface area contributed by atoms with E-state index in [0.29, 0.717) is 10.8 Å². The lowest BCUT2D eigenvalue weighted by molar-refractivity contribution is -0.0816. The molecule has 0 aliphatic carbocycles. The van der Waals surface area contributed by atoms with Gasteiger partial charge in [0.05, 0.1) is 13.5 Å². The van der Waals surface area contributed by atoms with Gasteiger partial charge >= 0.3 is 6.18 Å². The van der Waals surface area contributed by atoms with Crippen molar-refractivity contribution in [2.45, 2.75) is 50.9 Å². The van der Waals surface area contributed by atoms with E-state index in [1.165, 1.54) is 19.2 Å². The summed E-state index contributed by atoms with van der Waals surface area (Å²) in [6.45, 7) is 2.10. The first-order valence-electron chi connectivity index (χ1n) is 10.1. The number of amides is 1. The molecule has 1 N–H and O–H groups in total. The van der Waals surface area contributed by atoms with Gasteiger partial charge in [-0.3, -0.25) is 4.79 Å². The van der Waals surface area contributed by atoms with Gasteiger partial charge in [0.25, 0.3) is 5.91 Å². The summed E-state index contributed by atoms with van der Waals surface area (Å²) >= 11 is 0. The second kappa shape index (κ2) is 9.09. The van der Waals surface area contributed by atoms with Crippen LogP contribution in [-0.2, 0) is 12.1 Å². The minimum Gasteiger partial charge on any atom is -0.497 e. The van der Waals surface area contributed by atoms with Crippen LogP contribution in [0.1, 0.15) is 54.1 Å². The molecule has 1 aliphatic rings. The Labute approximate surface area is 179 Å². The molecule has 166 valence electrons. The van der Waals surface area contributed by atoms with E-state index in [-0.39, 0.29) is 11.1 Å². The quantitative estimate of drug-likeness (QED) is 0.622. The van der Waals surface area contributed by atoms with Crippen molar-refractivity contribution in [1.29, 1.82) is 0 Å². The fourth-order valence-corrected chi connectivity index (χ4v) is 3.54. The second-order valence-electron chi connectivity index (χ2n) is 7.54. The van der Waals surface area contributed by atoms with Gasteiger partial charge < -0.3 is 9.84 Å². The first-order chi connectivity index (χ1) is 14.7. The van der Waals surface area contributed by atoms with Crippen molar-refractivity contribution in [2.75, 3.05) is 7.11 Å². The largest absolute Gasteiger partial charge is 0.497 e. The van der Waals surface area contributed by atoms with Crippen LogP contribution in [0.5, 0.6) is 5.75 Å². The van der Waals surface area contributed by atoms with Crippen molar-refractivity contribution >= 4 is 11.6 Å². The Kier molecular flexibility index (Phi) is 6.69. The Morgan fingerprint density at radius 2 is 1.90 bits per heavy atom. The van der Waals surface area contributed by atoms with Gasteiger partial charge in [0.2, 0.25) is 0 Å². The maximum Gasteiger partial charge on any atom is 0.431 e. The summed E-state index contributed by atoms with van der Waals surface area (Å²) in [7, 11) is 1.41. The summed E-state index contributed by atoms with van der Waals surface area (Å²) in [5.41, 5.74) is -2.21. The Balaban J connectivity index is 1.95. The van der Waals surface area contributed by atoms with E-state index in [1.807, 2.05) is 0 Å². The highest BCUT2D eigenvalue weighted by molar-refractivity contribution is 6.00. The lowest BCUT2D eigenvalue weighted by Crippen LogP contribution is -2.43. The summed E-state index contributed by atoms with van der Waals surface area (Å²) in [6, 6.07) is 12.6. The Morgan fingerprint density at radius 3 is 2.52 bits per heavy atom. The van der Waals surface area contributed by atoms with Crippen molar-refractivity contribution in [3.05, 3.63) is 65.2 Å². The zero-order valence-corrected chi connectivity index (χ0v) is 17.4. The average molecular weight is 434 g/mol. The van der Waals surface area contributed by atoms with E-state index in [9.17, 15) is 23.1 Å². The van der Waals surface area contributed by atoms with E-state index in [1.54, 1.807) is 36.4 Å². The molecule has 5 nitrogen and oxygen atoms in total. The summed E-state index contributed by atoms with van der Waals surface area (Å²) in [5, 5.41) is 15.3. The van der Waals surface area contributed by atoms with Gasteiger partial charge in [-0.1, -0.05) is 50.1 Å². The first-order valence-corrected chi connectivity index (χ1v) is 10.1. The van der Waals surface area contributed by atoms with Gasteiger partial charge in [-0.2, -0.15) is 23.3 Å². The van der Waals surface area contributed by atoms with E-state index >= 15 is 0 Å². The predicted molar refractivity (Wildman–Crippen MR) is 111 cm³/mol. The van der Waals surface area contributed by atoms with Crippen LogP contribution in [0.3, 0.4) is 0 Å². The zero-order valence-electron chi connectivity index (χ0n) is 17.4. The SMILES string of the molecule is CCCCCc1ccc([C@]2(O)CC(C(F)(F)F)=NN2C(=O)c2cccc(OC)c2)cc1. The molecule has 0 bridgehead atoms. The van der Waals surface area contributed by atoms with Crippen LogP contribution in [0, 0.1) is 0 Å². The number of ether oxygens (including phenoxy) is 1. The third-order valence-corrected chi connectivity index (χ3v) is 5.31. The van der Waals surface area contributed by atoms with Crippen LogP contribution < -0.4 is 4.74 Å². The molecule has 1 aliphatic heterocycles. The Bertz CT molecular complexity index is 957. The van der Waals surface area contributed by atoms with E-state index in [4.69, 9.17) is 4.74 Å². The van der Waals surface area contributed by atoms with Crippen molar-refractivity contribution in [2.24, 2.45) is 5.10 Å². The molecule has 8 heteroatoms. The van der Waals surface area contributed by atoms with Gasteiger partial charge in [-0.05, 0) is 36.6 Å². The fraction of sp³-hybridized carbons (Fsp3) is 0.391. The summed E-state index contributed by atoms with van der Waals surface area (Å²) in [4.78, 5) is 13.1. The molecule has 2 aromatic carbocycles. The third-order valence-electron chi connectivity index (χ3n) is 5.31. The van der Waals surface area contributed by atoms with Crippen LogP contribution >= 0.6 is 0 Å². The van der Waals surface area contributed by atoms with Gasteiger partial charge in [-0.15, -0.1) is 0 Å². The molecule has 0 fully saturated rings. The smallest absolute Gasteiger partial charge is 0.431 e. The minimum absolute atomic E-state index is 0.0566. The number of hydrazone groups is 1. The summed E-state index contributed by atoms with van der Waals surface area (Å²) < 4.78 is 45.3. The Morgan fingerprint density at radius 1 is 1.19 bits per heavy atom. The maximum absolute atomic E-state index is 13.4. The van der Waals surface area contributed by atoms with E-state index in [0.717, 1.165) is 31.2 Å². The number of methoxy groups -OCH3 is 1. The molecule has 0 radical (unpaired) electrons. The first kappa shape index (κ1) is 22.8. The number of nitrogens with zero attached hydrogens (tertiary/aromatic N) is 2. The number of carbonyl (C=O) groups is 1. The van der Waals surface area contributed by atoms with Crippen molar-refractivity contribution in [1.82, 2.24) is 5.01 Å². The minimum atomic E-state index is -4.77. The molecule has 1 heterocycles. The van der Waals surface area contributed by atoms with Crippen LogP contribution in [-0.4, -0.2) is 35.0 Å². The predicted octanol–water partition coefficient (Wildman–Crippen LogP) is 5.04. The molecular formula is C23H25F3N2O3. The molecule has 3 rings (SSSR count). The van der Waals surface area contributed by atoms with Crippen LogP contribution in [0.15, 0.2) is 53.6 Å². The van der Waals surface area contributed by atoms with Crippen LogP contribution in [0.2, 0.25) is 0 Å². The molecule has 0 unspecified atom stereocenters. The number of hydrogen-bond acceptors (Lipinski definition) is 4. The van der Waals surface area contributed by atoms with Crippen LogP contribution in [0.4, 0.5) is 13.2 Å². The monoisotopic (exact) mass is 434 g/mol. The zero-order chi connectivity index (χ0) is 22.6. The molecular weight excluding hydrogens is 409 g/mol. The molecule has 0 aromatic heterocycles. The number of aryl methyl sites for hydroxylation is 1. The molecule has 0 saturated heterocycles. The number of rotatable bonds is 7. The number of halogens is 3. The number of carbonyl (C=O) groups excluding carboxylic acids is 1. The topological polar surface area (TPSA) is 62.1 Å². The molecule has 1 amide bonds. The van der Waals surface area contributed by atoms with Gasteiger partial charge in [0, 0.05) is 11.1 Å². The lowest BCUT2D eigenvalue weighted by atomic mass is 9.94. The number of hydrogen-bond donors (Lipinski definition) is 1. The Hall–Kier alpha value is -2.87. The number of benzene rings is 2. The third kappa shape index (κ3) is 4.90. The maximum atomic E-state index is 13.4. The molecule has 0 spiro atoms. The standard InChI is InChI=1S/C23H25F3N2O3/c1-3-4-5-7-16-10-12-18(13-11-16)22(30)15-20(23(24,25)26)27-28(22)21(29)17-8-6-9-19(14-17)31-2/h6,8-14,30H,3-5,7,15H2,1-2H3/t22-/m1/s1. The highest BCUT2D eigenvalue weighted by atomic mass is 19.4. The second-order valence-corrected chi connectivity index (χ2v) is 7.54. The van der Waals surface area contributed by atoms with E-state index < -0.39 is 29.9 Å². The number of unbranched alkanes of at least 4 members (excludes halogenated alkanes) is 2. The normalized spacial score (nSPS) is 18.8. The van der Waals surface area contributed by atoms with Crippen molar-refractivity contribution < 1.29 is 27.8 Å². The summed E-state index contributed by atoms with van der Waals surface area (Å²) in [5.74, 6) is -0.488. The van der Waals surface area contributed by atoms with Crippen molar-refractivity contribution in [3.8, 4) is 5.75 Å². The van der Waals surface area contributed by atoms with Gasteiger partial charge in [-0.25, -0.2) is 0 Å². The molecule has 0 saturated carbocycles. The molecule has 1 atom stereocenters. The van der Waals surface area contributed by atoms with Crippen molar-refractivity contribution in [3.63, 3.8) is 0 Å². The highest BCUT2D eigenvalue weighted by Crippen LogP contribution is 2.40. The number of aliphatic hydroxyl groups is 1. The van der Waals surface area contributed by atoms with E-state index in [2.05, 4.69) is 12.0 Å². The summed E-state index contributed by atoms with van der Waals surface area (Å²) in [6.07, 6.45) is -1.61. The number of alkyl halides is 3. The molecule has 2 aromatic rings. The fourth-order valence-electron chi connectivity index (χ4n) is 3.54. The lowest BCUT2D eigenvalue weighted by Gasteiger charge is -2.31. The van der Waals surface area contributed by atoms with Gasteiger partial charge in [0.15, 0.2) is 5.72 Å². The highest BCUT2D eigenvalue weighted by Gasteiger charge is 2.53.